The third kappa shape index (κ3) is 34.5. The molecule has 46 heavy (non-hydrogen) atoms. The second-order valence-corrected chi connectivity index (χ2v) is 12.3. The zero-order chi connectivity index (χ0) is 33.6. The van der Waals surface area contributed by atoms with Crippen LogP contribution < -0.4 is 0 Å². The van der Waals surface area contributed by atoms with Crippen molar-refractivity contribution in [2.45, 2.75) is 174 Å². The highest BCUT2D eigenvalue weighted by Gasteiger charge is 2.16. The van der Waals surface area contributed by atoms with Crippen LogP contribution >= 0.6 is 0 Å². The first-order chi connectivity index (χ1) is 22.6. The number of carbonyl (C=O) groups excluding carboxylic acids is 2. The Labute approximate surface area is 283 Å². The maximum absolute atomic E-state index is 12.1. The first-order valence-electron chi connectivity index (χ1n) is 18.8. The van der Waals surface area contributed by atoms with Crippen molar-refractivity contribution in [1.82, 2.24) is 0 Å². The quantitative estimate of drug-likeness (QED) is 0.0438. The summed E-state index contributed by atoms with van der Waals surface area (Å²) in [7, 11) is 0. The van der Waals surface area contributed by atoms with Crippen molar-refractivity contribution < 1.29 is 24.2 Å². The standard InChI is InChI=1S/C41H70O5/c1-3-5-7-9-11-13-15-17-19-20-22-23-25-27-29-31-33-35-40(43)45-38-39(37-42)46-41(44)36-34-32-30-28-26-24-21-18-16-14-12-10-8-6-4-2/h5,7,11,13,17-19,21-23,39,42H,3-4,6,8-10,12,14-16,20,24-38H2,1-2H3. The maximum Gasteiger partial charge on any atom is 0.306 e. The Morgan fingerprint density at radius 3 is 1.43 bits per heavy atom. The van der Waals surface area contributed by atoms with Gasteiger partial charge in [-0.1, -0.05) is 139 Å². The van der Waals surface area contributed by atoms with E-state index in [0.29, 0.717) is 12.8 Å². The number of unbranched alkanes of at least 4 members (excludes halogenated alkanes) is 15. The highest BCUT2D eigenvalue weighted by atomic mass is 16.6. The molecule has 0 amide bonds. The van der Waals surface area contributed by atoms with Crippen molar-refractivity contribution in [2.75, 3.05) is 13.2 Å². The number of hydrogen-bond acceptors (Lipinski definition) is 5. The molecular formula is C41H70O5. The van der Waals surface area contributed by atoms with E-state index < -0.39 is 6.10 Å². The second-order valence-electron chi connectivity index (χ2n) is 12.3. The lowest BCUT2D eigenvalue weighted by Crippen LogP contribution is -2.28. The van der Waals surface area contributed by atoms with E-state index in [1.54, 1.807) is 0 Å². The molecule has 0 heterocycles. The van der Waals surface area contributed by atoms with E-state index in [1.807, 2.05) is 0 Å². The number of carbonyl (C=O) groups is 2. The molecule has 0 bridgehead atoms. The molecule has 0 aromatic rings. The van der Waals surface area contributed by atoms with E-state index in [1.165, 1.54) is 57.8 Å². The van der Waals surface area contributed by atoms with Crippen LogP contribution in [-0.2, 0) is 19.1 Å². The zero-order valence-corrected chi connectivity index (χ0v) is 29.8. The summed E-state index contributed by atoms with van der Waals surface area (Å²) in [4.78, 5) is 24.2. The van der Waals surface area contributed by atoms with E-state index in [4.69, 9.17) is 9.47 Å². The van der Waals surface area contributed by atoms with E-state index in [2.05, 4.69) is 74.6 Å². The smallest absolute Gasteiger partial charge is 0.306 e. The molecule has 264 valence electrons. The molecule has 0 aromatic heterocycles. The molecule has 0 rings (SSSR count). The molecule has 0 aliphatic heterocycles. The summed E-state index contributed by atoms with van der Waals surface area (Å²) in [6.07, 6.45) is 47.0. The van der Waals surface area contributed by atoms with E-state index in [-0.39, 0.29) is 25.2 Å². The number of hydrogen-bond donors (Lipinski definition) is 1. The molecule has 0 spiro atoms. The van der Waals surface area contributed by atoms with Crippen molar-refractivity contribution in [3.63, 3.8) is 0 Å². The molecule has 5 heteroatoms. The van der Waals surface area contributed by atoms with Crippen molar-refractivity contribution in [3.8, 4) is 0 Å². The van der Waals surface area contributed by atoms with Crippen LogP contribution in [0.5, 0.6) is 0 Å². The molecule has 0 aromatic carbocycles. The van der Waals surface area contributed by atoms with Gasteiger partial charge in [-0.3, -0.25) is 9.59 Å². The van der Waals surface area contributed by atoms with Gasteiger partial charge < -0.3 is 14.6 Å². The Morgan fingerprint density at radius 2 is 0.935 bits per heavy atom. The lowest BCUT2D eigenvalue weighted by atomic mass is 10.1. The van der Waals surface area contributed by atoms with Gasteiger partial charge in [0, 0.05) is 12.8 Å². The lowest BCUT2D eigenvalue weighted by molar-refractivity contribution is -0.161. The molecule has 0 fully saturated rings. The van der Waals surface area contributed by atoms with Crippen LogP contribution in [0.3, 0.4) is 0 Å². The number of aliphatic hydroxyl groups is 1. The van der Waals surface area contributed by atoms with Gasteiger partial charge in [0.15, 0.2) is 6.10 Å². The molecule has 1 N–H and O–H groups in total. The summed E-state index contributed by atoms with van der Waals surface area (Å²) in [6.45, 7) is 3.98. The monoisotopic (exact) mass is 643 g/mol. The van der Waals surface area contributed by atoms with Crippen LogP contribution in [0.1, 0.15) is 168 Å². The van der Waals surface area contributed by atoms with Gasteiger partial charge >= 0.3 is 11.9 Å². The molecule has 5 nitrogen and oxygen atoms in total. The van der Waals surface area contributed by atoms with E-state index in [0.717, 1.165) is 83.5 Å². The van der Waals surface area contributed by atoms with Crippen LogP contribution in [0.4, 0.5) is 0 Å². The van der Waals surface area contributed by atoms with Gasteiger partial charge in [0.05, 0.1) is 6.61 Å². The fraction of sp³-hybridized carbons (Fsp3) is 0.707. The van der Waals surface area contributed by atoms with Gasteiger partial charge in [0.1, 0.15) is 6.61 Å². The van der Waals surface area contributed by atoms with E-state index >= 15 is 0 Å². The van der Waals surface area contributed by atoms with Gasteiger partial charge in [-0.15, -0.1) is 0 Å². The number of ether oxygens (including phenoxy) is 2. The van der Waals surface area contributed by atoms with Gasteiger partial charge in [-0.2, -0.15) is 0 Å². The van der Waals surface area contributed by atoms with Crippen LogP contribution in [0, 0.1) is 0 Å². The highest BCUT2D eigenvalue weighted by Crippen LogP contribution is 2.11. The Morgan fingerprint density at radius 1 is 0.522 bits per heavy atom. The third-order valence-corrected chi connectivity index (χ3v) is 7.80. The minimum atomic E-state index is -0.786. The molecule has 0 aliphatic carbocycles. The average molecular weight is 643 g/mol. The summed E-state index contributed by atoms with van der Waals surface area (Å²) < 4.78 is 10.6. The lowest BCUT2D eigenvalue weighted by Gasteiger charge is -2.15. The Bertz CT molecular complexity index is 823. The SMILES string of the molecule is CCC=CCC=CCC=CCC=CCCCCCCC(=O)OCC(CO)OC(=O)CCCCCCCC=CCCCCCCCC. The number of aliphatic hydroxyl groups excluding tert-OH is 1. The Balaban J connectivity index is 3.64. The fourth-order valence-corrected chi connectivity index (χ4v) is 4.95. The summed E-state index contributed by atoms with van der Waals surface area (Å²) in [5, 5.41) is 9.54. The minimum absolute atomic E-state index is 0.0840. The van der Waals surface area contributed by atoms with Crippen molar-refractivity contribution >= 4 is 11.9 Å². The number of esters is 2. The topological polar surface area (TPSA) is 72.8 Å². The van der Waals surface area contributed by atoms with Gasteiger partial charge in [-0.25, -0.2) is 0 Å². The van der Waals surface area contributed by atoms with Crippen molar-refractivity contribution in [1.29, 1.82) is 0 Å². The molecule has 0 saturated heterocycles. The van der Waals surface area contributed by atoms with Gasteiger partial charge in [-0.05, 0) is 77.0 Å². The maximum atomic E-state index is 12.1. The zero-order valence-electron chi connectivity index (χ0n) is 29.8. The van der Waals surface area contributed by atoms with Crippen molar-refractivity contribution in [2.24, 2.45) is 0 Å². The Kier molecular flexibility index (Phi) is 35.1. The molecule has 0 aliphatic rings. The first-order valence-corrected chi connectivity index (χ1v) is 18.8. The fourth-order valence-electron chi connectivity index (χ4n) is 4.95. The molecular weight excluding hydrogens is 572 g/mol. The van der Waals surface area contributed by atoms with Gasteiger partial charge in [0.25, 0.3) is 0 Å². The predicted molar refractivity (Wildman–Crippen MR) is 196 cm³/mol. The predicted octanol–water partition coefficient (Wildman–Crippen LogP) is 11.6. The third-order valence-electron chi connectivity index (χ3n) is 7.80. The van der Waals surface area contributed by atoms with Gasteiger partial charge in [0.2, 0.25) is 0 Å². The normalized spacial score (nSPS) is 12.8. The summed E-state index contributed by atoms with van der Waals surface area (Å²) in [5.41, 5.74) is 0. The molecule has 0 saturated carbocycles. The highest BCUT2D eigenvalue weighted by molar-refractivity contribution is 5.70. The van der Waals surface area contributed by atoms with Crippen LogP contribution in [-0.4, -0.2) is 36.4 Å². The van der Waals surface area contributed by atoms with E-state index in [9.17, 15) is 14.7 Å². The summed E-state index contributed by atoms with van der Waals surface area (Å²) >= 11 is 0. The van der Waals surface area contributed by atoms with Crippen LogP contribution in [0.25, 0.3) is 0 Å². The van der Waals surface area contributed by atoms with Crippen LogP contribution in [0.15, 0.2) is 60.8 Å². The summed E-state index contributed by atoms with van der Waals surface area (Å²) in [5.74, 6) is -0.633. The number of allylic oxidation sites excluding steroid dienone is 10. The first kappa shape index (κ1) is 43.6. The second kappa shape index (κ2) is 37.1. The minimum Gasteiger partial charge on any atom is -0.462 e. The average Bonchev–Trinajstić information content (AvgIpc) is 3.06. The molecule has 1 unspecified atom stereocenters. The largest absolute Gasteiger partial charge is 0.462 e. The van der Waals surface area contributed by atoms with Crippen LogP contribution in [0.2, 0.25) is 0 Å². The molecule has 1 atom stereocenters. The molecule has 0 radical (unpaired) electrons. The Hall–Kier alpha value is -2.40. The summed E-state index contributed by atoms with van der Waals surface area (Å²) in [6, 6.07) is 0. The number of rotatable bonds is 33. The van der Waals surface area contributed by atoms with Crippen molar-refractivity contribution in [3.05, 3.63) is 60.8 Å².